The molecule has 3 saturated heterocycles. The second-order valence-electron chi connectivity index (χ2n) is 13.1. The lowest BCUT2D eigenvalue weighted by molar-refractivity contribution is -0.148. The molecule has 7 nitrogen and oxygen atoms in total. The zero-order valence-electron chi connectivity index (χ0n) is 26.9. The van der Waals surface area contributed by atoms with Gasteiger partial charge in [0, 0.05) is 30.9 Å². The number of aliphatic hydroxyl groups is 1. The number of fused-ring (bicyclic) bond motifs is 1. The molecule has 6 rings (SSSR count). The van der Waals surface area contributed by atoms with E-state index >= 15 is 9.59 Å². The normalized spacial score (nSPS) is 26.5. The minimum atomic E-state index is -0.868. The van der Waals surface area contributed by atoms with Crippen LogP contribution in [0.1, 0.15) is 42.5 Å². The molecular formula is C39H43N3O4S. The average Bonchev–Trinajstić information content (AvgIpc) is 3.66. The minimum absolute atomic E-state index is 0.0933. The van der Waals surface area contributed by atoms with E-state index in [2.05, 4.69) is 20.1 Å². The van der Waals surface area contributed by atoms with E-state index in [4.69, 9.17) is 0 Å². The Kier molecular flexibility index (Phi) is 9.44. The third-order valence-electron chi connectivity index (χ3n) is 10.2. The highest BCUT2D eigenvalue weighted by Gasteiger charge is 2.78. The fraction of sp³-hybridized carbons (Fsp3) is 0.359. The Morgan fingerprint density at radius 1 is 0.872 bits per heavy atom. The SMILES string of the molecule is C=CCN(Cc1ccccc1)C(=O)C1N([C@H](CO)c2ccccc2)C(=O)[C@@H]2[C@@H](C(=O)N(CC=C)Cc3ccccc3)[C@@]3(C)CCC12S3. The number of thioether (sulfide) groups is 1. The Bertz CT molecular complexity index is 1620. The van der Waals surface area contributed by atoms with E-state index in [0.717, 1.165) is 16.7 Å². The highest BCUT2D eigenvalue weighted by Crippen LogP contribution is 2.72. The first-order chi connectivity index (χ1) is 22.8. The minimum Gasteiger partial charge on any atom is -0.394 e. The standard InChI is InChI=1S/C39H43N3O4S/c1-4-23-40(25-28-15-9-6-10-16-28)35(44)32-33-36(45)42(31(27-43)30-19-13-8-14-20-30)34(39(33)22-21-38(32,3)47-39)37(46)41(24-5-2)26-29-17-11-7-12-18-29/h4-20,31-34,43H,1-2,21-27H2,3H3/t31-,32+,33+,34?,38-,39?/m1/s1. The summed E-state index contributed by atoms with van der Waals surface area (Å²) in [6.07, 6.45) is 4.77. The van der Waals surface area contributed by atoms with E-state index in [9.17, 15) is 9.90 Å². The van der Waals surface area contributed by atoms with Crippen LogP contribution in [0.2, 0.25) is 0 Å². The zero-order valence-corrected chi connectivity index (χ0v) is 27.7. The number of hydrogen-bond acceptors (Lipinski definition) is 5. The molecule has 1 N–H and O–H groups in total. The maximum atomic E-state index is 15.0. The molecular weight excluding hydrogens is 607 g/mol. The summed E-state index contributed by atoms with van der Waals surface area (Å²) in [5.74, 6) is -1.86. The molecule has 3 aromatic carbocycles. The van der Waals surface area contributed by atoms with Gasteiger partial charge in [0.2, 0.25) is 17.7 Å². The molecule has 3 aliphatic rings. The predicted octanol–water partition coefficient (Wildman–Crippen LogP) is 5.63. The van der Waals surface area contributed by atoms with Gasteiger partial charge >= 0.3 is 0 Å². The van der Waals surface area contributed by atoms with E-state index in [1.165, 1.54) is 0 Å². The van der Waals surface area contributed by atoms with Crippen LogP contribution in [0, 0.1) is 11.8 Å². The lowest BCUT2D eigenvalue weighted by atomic mass is 9.66. The van der Waals surface area contributed by atoms with E-state index in [1.54, 1.807) is 38.6 Å². The van der Waals surface area contributed by atoms with Gasteiger partial charge in [-0.25, -0.2) is 0 Å². The fourth-order valence-electron chi connectivity index (χ4n) is 8.14. The molecule has 47 heavy (non-hydrogen) atoms. The van der Waals surface area contributed by atoms with Crippen molar-refractivity contribution >= 4 is 29.5 Å². The fourth-order valence-corrected chi connectivity index (χ4v) is 10.5. The van der Waals surface area contributed by atoms with E-state index in [1.807, 2.05) is 91.0 Å². The molecule has 8 heteroatoms. The monoisotopic (exact) mass is 649 g/mol. The van der Waals surface area contributed by atoms with Crippen LogP contribution in [0.5, 0.6) is 0 Å². The van der Waals surface area contributed by atoms with Gasteiger partial charge in [-0.05, 0) is 36.5 Å². The molecule has 244 valence electrons. The van der Waals surface area contributed by atoms with Crippen LogP contribution in [-0.2, 0) is 27.5 Å². The second-order valence-corrected chi connectivity index (χ2v) is 15.0. The van der Waals surface area contributed by atoms with Crippen molar-refractivity contribution < 1.29 is 19.5 Å². The summed E-state index contributed by atoms with van der Waals surface area (Å²) in [4.78, 5) is 49.9. The van der Waals surface area contributed by atoms with Gasteiger partial charge < -0.3 is 19.8 Å². The van der Waals surface area contributed by atoms with Crippen molar-refractivity contribution in [3.8, 4) is 0 Å². The van der Waals surface area contributed by atoms with Gasteiger partial charge in [0.1, 0.15) is 6.04 Å². The van der Waals surface area contributed by atoms with Gasteiger partial charge in [-0.3, -0.25) is 14.4 Å². The summed E-state index contributed by atoms with van der Waals surface area (Å²) in [7, 11) is 0. The van der Waals surface area contributed by atoms with Crippen LogP contribution in [0.25, 0.3) is 0 Å². The molecule has 2 unspecified atom stereocenters. The summed E-state index contributed by atoms with van der Waals surface area (Å²) in [6, 6.07) is 27.4. The lowest BCUT2D eigenvalue weighted by Gasteiger charge is -2.40. The molecule has 6 atom stereocenters. The van der Waals surface area contributed by atoms with Gasteiger partial charge in [0.15, 0.2) is 0 Å². The molecule has 3 amide bonds. The number of aliphatic hydroxyl groups excluding tert-OH is 1. The quantitative estimate of drug-likeness (QED) is 0.243. The van der Waals surface area contributed by atoms with Gasteiger partial charge in [0.05, 0.1) is 29.2 Å². The van der Waals surface area contributed by atoms with Gasteiger partial charge in [0.25, 0.3) is 0 Å². The Balaban J connectivity index is 1.44. The number of benzene rings is 3. The van der Waals surface area contributed by atoms with Crippen molar-refractivity contribution in [2.24, 2.45) is 11.8 Å². The molecule has 0 saturated carbocycles. The first kappa shape index (κ1) is 32.8. The highest BCUT2D eigenvalue weighted by molar-refractivity contribution is 8.02. The molecule has 1 spiro atoms. The third-order valence-corrected chi connectivity index (χ3v) is 12.1. The van der Waals surface area contributed by atoms with Crippen molar-refractivity contribution in [1.82, 2.24) is 14.7 Å². The molecule has 3 aliphatic heterocycles. The largest absolute Gasteiger partial charge is 0.394 e. The smallest absolute Gasteiger partial charge is 0.247 e. The average molecular weight is 650 g/mol. The second kappa shape index (κ2) is 13.5. The third kappa shape index (κ3) is 5.82. The lowest BCUT2D eigenvalue weighted by Crippen LogP contribution is -2.55. The van der Waals surface area contributed by atoms with Gasteiger partial charge in [-0.15, -0.1) is 24.9 Å². The summed E-state index contributed by atoms with van der Waals surface area (Å²) in [6.45, 7) is 11.0. The maximum Gasteiger partial charge on any atom is 0.247 e. The van der Waals surface area contributed by atoms with E-state index < -0.39 is 33.4 Å². The number of carbonyl (C=O) groups is 3. The molecule has 0 radical (unpaired) electrons. The van der Waals surface area contributed by atoms with Crippen LogP contribution in [0.3, 0.4) is 0 Å². The maximum absolute atomic E-state index is 15.0. The predicted molar refractivity (Wildman–Crippen MR) is 186 cm³/mol. The summed E-state index contributed by atoms with van der Waals surface area (Å²) < 4.78 is -1.35. The number of hydrogen-bond donors (Lipinski definition) is 1. The van der Waals surface area contributed by atoms with Crippen LogP contribution < -0.4 is 0 Å². The number of amides is 3. The highest BCUT2D eigenvalue weighted by atomic mass is 32.2. The molecule has 3 fully saturated rings. The number of rotatable bonds is 13. The van der Waals surface area contributed by atoms with Crippen molar-refractivity contribution in [2.45, 2.75) is 54.4 Å². The van der Waals surface area contributed by atoms with Crippen molar-refractivity contribution in [2.75, 3.05) is 19.7 Å². The molecule has 0 aromatic heterocycles. The Morgan fingerprint density at radius 3 is 1.89 bits per heavy atom. The first-order valence-corrected chi connectivity index (χ1v) is 17.1. The Morgan fingerprint density at radius 2 is 1.38 bits per heavy atom. The number of carbonyl (C=O) groups excluding carboxylic acids is 3. The molecule has 3 aromatic rings. The number of likely N-dealkylation sites (tertiary alicyclic amines) is 1. The van der Waals surface area contributed by atoms with E-state index in [-0.39, 0.29) is 24.3 Å². The first-order valence-electron chi connectivity index (χ1n) is 16.3. The topological polar surface area (TPSA) is 81.2 Å². The number of nitrogens with zero attached hydrogens (tertiary/aromatic N) is 3. The summed E-state index contributed by atoms with van der Waals surface area (Å²) in [5.41, 5.74) is 2.72. The molecule has 2 bridgehead atoms. The Labute approximate surface area is 281 Å². The zero-order chi connectivity index (χ0) is 33.2. The van der Waals surface area contributed by atoms with Crippen molar-refractivity contribution in [3.05, 3.63) is 133 Å². The summed E-state index contributed by atoms with van der Waals surface area (Å²) in [5, 5.41) is 10.9. The Hall–Kier alpha value is -4.14. The van der Waals surface area contributed by atoms with Crippen molar-refractivity contribution in [1.29, 1.82) is 0 Å². The van der Waals surface area contributed by atoms with Gasteiger partial charge in [-0.2, -0.15) is 0 Å². The van der Waals surface area contributed by atoms with E-state index in [0.29, 0.717) is 39.0 Å². The molecule has 3 heterocycles. The van der Waals surface area contributed by atoms with Gasteiger partial charge in [-0.1, -0.05) is 103 Å². The summed E-state index contributed by atoms with van der Waals surface area (Å²) >= 11 is 1.65. The molecule has 0 aliphatic carbocycles. The van der Waals surface area contributed by atoms with Crippen LogP contribution in [-0.4, -0.2) is 72.8 Å². The van der Waals surface area contributed by atoms with Crippen molar-refractivity contribution in [3.63, 3.8) is 0 Å². The van der Waals surface area contributed by atoms with Crippen LogP contribution >= 0.6 is 11.8 Å². The van der Waals surface area contributed by atoms with Crippen LogP contribution in [0.4, 0.5) is 0 Å². The van der Waals surface area contributed by atoms with Crippen LogP contribution in [0.15, 0.2) is 116 Å².